The molecule has 0 bridgehead atoms. The van der Waals surface area contributed by atoms with Crippen LogP contribution in [0.25, 0.3) is 0 Å². The van der Waals surface area contributed by atoms with Crippen LogP contribution in [0.15, 0.2) is 22.3 Å². The van der Waals surface area contributed by atoms with Crippen LogP contribution >= 0.6 is 0 Å². The number of carbonyl (C=O) groups is 1. The summed E-state index contributed by atoms with van der Waals surface area (Å²) >= 11 is 0. The lowest BCUT2D eigenvalue weighted by Crippen LogP contribution is -2.33. The monoisotopic (exact) mass is 262 g/mol. The Morgan fingerprint density at radius 1 is 1.32 bits per heavy atom. The van der Waals surface area contributed by atoms with Gasteiger partial charge < -0.3 is 14.6 Å². The second-order valence-electron chi connectivity index (χ2n) is 6.36. The number of esters is 1. The van der Waals surface area contributed by atoms with Crippen molar-refractivity contribution in [3.05, 3.63) is 22.3 Å². The molecule has 0 aromatic heterocycles. The summed E-state index contributed by atoms with van der Waals surface area (Å²) in [6, 6.07) is 0. The van der Waals surface area contributed by atoms with Gasteiger partial charge in [0.15, 0.2) is 0 Å². The molecule has 4 aliphatic rings. The molecule has 19 heavy (non-hydrogen) atoms. The van der Waals surface area contributed by atoms with Crippen molar-refractivity contribution in [2.45, 2.75) is 57.5 Å². The average Bonchev–Trinajstić information content (AvgIpc) is 2.94. The van der Waals surface area contributed by atoms with Crippen molar-refractivity contribution in [2.75, 3.05) is 0 Å². The van der Waals surface area contributed by atoms with Crippen LogP contribution in [0.3, 0.4) is 0 Å². The van der Waals surface area contributed by atoms with Crippen LogP contribution in [0.4, 0.5) is 0 Å². The Balaban J connectivity index is 1.87. The van der Waals surface area contributed by atoms with E-state index in [-0.39, 0.29) is 29.7 Å². The SMILES string of the molecule is CC1=C2C(O)[C@@H]3O[C@]3(C)[C@@H]2[C@H]2OC(=O)C(C)=C2CC1. The molecule has 4 rings (SSSR count). The van der Waals surface area contributed by atoms with Gasteiger partial charge in [-0.05, 0) is 44.8 Å². The first-order valence-corrected chi connectivity index (χ1v) is 6.91. The number of epoxide rings is 1. The summed E-state index contributed by atoms with van der Waals surface area (Å²) in [5.74, 6) is -0.215. The van der Waals surface area contributed by atoms with Gasteiger partial charge in [0.2, 0.25) is 0 Å². The number of rotatable bonds is 0. The van der Waals surface area contributed by atoms with E-state index in [0.717, 1.165) is 29.6 Å². The molecule has 1 unspecified atom stereocenters. The lowest BCUT2D eigenvalue weighted by Gasteiger charge is -2.27. The molecule has 0 aromatic carbocycles. The zero-order chi connectivity index (χ0) is 13.5. The largest absolute Gasteiger partial charge is 0.454 e. The van der Waals surface area contributed by atoms with Gasteiger partial charge in [0.1, 0.15) is 23.9 Å². The average molecular weight is 262 g/mol. The molecule has 5 atom stereocenters. The van der Waals surface area contributed by atoms with Gasteiger partial charge in [-0.25, -0.2) is 4.79 Å². The lowest BCUT2D eigenvalue weighted by molar-refractivity contribution is -0.142. The maximum atomic E-state index is 11.8. The van der Waals surface area contributed by atoms with Crippen molar-refractivity contribution < 1.29 is 19.4 Å². The highest BCUT2D eigenvalue weighted by molar-refractivity contribution is 5.92. The van der Waals surface area contributed by atoms with Crippen LogP contribution in [0.2, 0.25) is 0 Å². The molecular formula is C15H18O4. The number of aliphatic hydroxyl groups excluding tert-OH is 1. The van der Waals surface area contributed by atoms with Gasteiger partial charge in [-0.3, -0.25) is 0 Å². The minimum atomic E-state index is -0.533. The number of fused-ring (bicyclic) bond motifs is 5. The predicted molar refractivity (Wildman–Crippen MR) is 67.3 cm³/mol. The molecule has 2 heterocycles. The van der Waals surface area contributed by atoms with E-state index in [2.05, 4.69) is 6.92 Å². The number of carbonyl (C=O) groups excluding carboxylic acids is 1. The van der Waals surface area contributed by atoms with Crippen LogP contribution in [0.1, 0.15) is 33.6 Å². The fourth-order valence-electron chi connectivity index (χ4n) is 4.19. The molecule has 4 nitrogen and oxygen atoms in total. The van der Waals surface area contributed by atoms with E-state index in [4.69, 9.17) is 9.47 Å². The van der Waals surface area contributed by atoms with Gasteiger partial charge in [-0.15, -0.1) is 0 Å². The molecule has 102 valence electrons. The van der Waals surface area contributed by atoms with Gasteiger partial charge in [-0.2, -0.15) is 0 Å². The highest BCUT2D eigenvalue weighted by Crippen LogP contribution is 2.61. The Bertz CT molecular complexity index is 558. The first-order valence-electron chi connectivity index (χ1n) is 6.91. The van der Waals surface area contributed by atoms with Gasteiger partial charge in [0, 0.05) is 5.57 Å². The zero-order valence-corrected chi connectivity index (χ0v) is 11.4. The molecule has 0 aromatic rings. The topological polar surface area (TPSA) is 59.1 Å². The molecule has 1 saturated heterocycles. The van der Waals surface area contributed by atoms with Crippen molar-refractivity contribution in [3.63, 3.8) is 0 Å². The normalized spacial score (nSPS) is 47.7. The molecular weight excluding hydrogens is 244 g/mol. The summed E-state index contributed by atoms with van der Waals surface area (Å²) in [4.78, 5) is 11.8. The van der Waals surface area contributed by atoms with Gasteiger partial charge in [-0.1, -0.05) is 5.57 Å². The van der Waals surface area contributed by atoms with E-state index in [1.165, 1.54) is 5.57 Å². The third-order valence-corrected chi connectivity index (χ3v) is 5.38. The van der Waals surface area contributed by atoms with Crippen molar-refractivity contribution in [3.8, 4) is 0 Å². The smallest absolute Gasteiger partial charge is 0.334 e. The summed E-state index contributed by atoms with van der Waals surface area (Å²) in [7, 11) is 0. The summed E-state index contributed by atoms with van der Waals surface area (Å²) < 4.78 is 11.3. The fraction of sp³-hybridized carbons (Fsp3) is 0.667. The van der Waals surface area contributed by atoms with Crippen molar-refractivity contribution in [2.24, 2.45) is 5.92 Å². The van der Waals surface area contributed by atoms with Crippen LogP contribution in [-0.2, 0) is 14.3 Å². The summed E-state index contributed by atoms with van der Waals surface area (Å²) in [5, 5.41) is 10.4. The third kappa shape index (κ3) is 1.24. The summed E-state index contributed by atoms with van der Waals surface area (Å²) in [5.41, 5.74) is 3.79. The maximum absolute atomic E-state index is 11.8. The second-order valence-corrected chi connectivity index (χ2v) is 6.36. The molecule has 2 aliphatic heterocycles. The van der Waals surface area contributed by atoms with Gasteiger partial charge in [0.25, 0.3) is 0 Å². The van der Waals surface area contributed by atoms with Crippen molar-refractivity contribution in [1.29, 1.82) is 0 Å². The molecule has 0 amide bonds. The van der Waals surface area contributed by atoms with Crippen LogP contribution in [0, 0.1) is 5.92 Å². The molecule has 4 heteroatoms. The third-order valence-electron chi connectivity index (χ3n) is 5.38. The fourth-order valence-corrected chi connectivity index (χ4v) is 4.19. The molecule has 0 radical (unpaired) electrons. The van der Waals surface area contributed by atoms with E-state index in [9.17, 15) is 9.90 Å². The molecule has 1 N–H and O–H groups in total. The Morgan fingerprint density at radius 3 is 2.79 bits per heavy atom. The highest BCUT2D eigenvalue weighted by Gasteiger charge is 2.72. The van der Waals surface area contributed by atoms with E-state index < -0.39 is 6.10 Å². The number of ether oxygens (including phenoxy) is 2. The zero-order valence-electron chi connectivity index (χ0n) is 11.4. The Hall–Kier alpha value is -1.13. The number of hydrogen-bond acceptors (Lipinski definition) is 4. The minimum absolute atomic E-state index is 0.00796. The van der Waals surface area contributed by atoms with Crippen molar-refractivity contribution >= 4 is 5.97 Å². The first kappa shape index (κ1) is 11.7. The molecule has 2 aliphatic carbocycles. The standard InChI is InChI=1S/C15H18O4/c1-6-4-5-8-7(2)14(17)18-12(8)10-9(6)11(16)13-15(10,3)19-13/h10-13,16H,4-5H2,1-3H3/t10-,11?,12-,13-,15+/m0/s1. The van der Waals surface area contributed by atoms with Crippen LogP contribution in [-0.4, -0.2) is 35.0 Å². The van der Waals surface area contributed by atoms with E-state index in [1.807, 2.05) is 13.8 Å². The first-order chi connectivity index (χ1) is 8.95. The maximum Gasteiger partial charge on any atom is 0.334 e. The summed E-state index contributed by atoms with van der Waals surface area (Å²) in [6.07, 6.45) is 0.856. The van der Waals surface area contributed by atoms with Crippen molar-refractivity contribution in [1.82, 2.24) is 0 Å². The van der Waals surface area contributed by atoms with Gasteiger partial charge >= 0.3 is 5.97 Å². The lowest BCUT2D eigenvalue weighted by atomic mass is 9.84. The molecule has 0 spiro atoms. The van der Waals surface area contributed by atoms with Crippen LogP contribution < -0.4 is 0 Å². The quantitative estimate of drug-likeness (QED) is 0.408. The number of aliphatic hydroxyl groups is 1. The van der Waals surface area contributed by atoms with E-state index in [0.29, 0.717) is 0 Å². The molecule has 2 fully saturated rings. The van der Waals surface area contributed by atoms with E-state index in [1.54, 1.807) is 0 Å². The Kier molecular flexibility index (Phi) is 2.03. The van der Waals surface area contributed by atoms with E-state index >= 15 is 0 Å². The second kappa shape index (κ2) is 3.30. The number of hydrogen-bond donors (Lipinski definition) is 1. The predicted octanol–water partition coefficient (Wildman–Crippen LogP) is 1.49. The Labute approximate surface area is 112 Å². The minimum Gasteiger partial charge on any atom is -0.454 e. The Morgan fingerprint density at radius 2 is 2.05 bits per heavy atom. The molecule has 1 saturated carbocycles. The van der Waals surface area contributed by atoms with Gasteiger partial charge in [0.05, 0.1) is 5.92 Å². The number of allylic oxidation sites excluding steroid dienone is 1. The summed E-state index contributed by atoms with van der Waals surface area (Å²) in [6.45, 7) is 5.95. The van der Waals surface area contributed by atoms with Crippen LogP contribution in [0.5, 0.6) is 0 Å². The highest BCUT2D eigenvalue weighted by atomic mass is 16.6.